The van der Waals surface area contributed by atoms with Gasteiger partial charge in [-0.05, 0) is 25.0 Å². The second kappa shape index (κ2) is 4.96. The highest BCUT2D eigenvalue weighted by molar-refractivity contribution is 9.09. The number of benzene rings is 1. The fourth-order valence-corrected chi connectivity index (χ4v) is 2.19. The molecule has 0 saturated heterocycles. The number of halogens is 1. The highest BCUT2D eigenvalue weighted by atomic mass is 79.9. The lowest BCUT2D eigenvalue weighted by Crippen LogP contribution is -2.34. The van der Waals surface area contributed by atoms with E-state index in [1.165, 1.54) is 18.2 Å². The lowest BCUT2D eigenvalue weighted by atomic mass is 10.1. The molecule has 1 amide bonds. The minimum Gasteiger partial charge on any atom is -0.508 e. The van der Waals surface area contributed by atoms with Crippen LogP contribution in [0.4, 0.5) is 0 Å². The Morgan fingerprint density at radius 3 is 2.35 bits per heavy atom. The molecule has 1 aromatic rings. The molecule has 2 rings (SSSR count). The summed E-state index contributed by atoms with van der Waals surface area (Å²) in [6.45, 7) is 0.639. The van der Waals surface area contributed by atoms with Crippen molar-refractivity contribution in [2.45, 2.75) is 18.9 Å². The van der Waals surface area contributed by atoms with Crippen LogP contribution >= 0.6 is 15.9 Å². The van der Waals surface area contributed by atoms with Crippen LogP contribution in [0.2, 0.25) is 0 Å². The molecule has 92 valence electrons. The van der Waals surface area contributed by atoms with Crippen molar-refractivity contribution in [2.24, 2.45) is 0 Å². The Morgan fingerprint density at radius 1 is 1.29 bits per heavy atom. The van der Waals surface area contributed by atoms with Crippen molar-refractivity contribution in [3.8, 4) is 11.5 Å². The average Bonchev–Trinajstić information content (AvgIpc) is 3.07. The third-order valence-electron chi connectivity index (χ3n) is 2.72. The summed E-state index contributed by atoms with van der Waals surface area (Å²) < 4.78 is 0. The maximum absolute atomic E-state index is 12.2. The van der Waals surface area contributed by atoms with Crippen molar-refractivity contribution in [1.82, 2.24) is 4.90 Å². The maximum Gasteiger partial charge on any atom is 0.254 e. The highest BCUT2D eigenvalue weighted by Crippen LogP contribution is 2.29. The Morgan fingerprint density at radius 2 is 1.88 bits per heavy atom. The van der Waals surface area contributed by atoms with Crippen molar-refractivity contribution in [2.75, 3.05) is 11.9 Å². The molecule has 1 aliphatic rings. The predicted octanol–water partition coefficient (Wildman–Crippen LogP) is 2.10. The third kappa shape index (κ3) is 2.91. The van der Waals surface area contributed by atoms with E-state index in [2.05, 4.69) is 15.9 Å². The smallest absolute Gasteiger partial charge is 0.254 e. The van der Waals surface area contributed by atoms with Crippen LogP contribution in [0.15, 0.2) is 18.2 Å². The minimum atomic E-state index is -0.141. The molecule has 0 atom stereocenters. The standard InChI is InChI=1S/C12H14BrNO3/c13-3-4-14(9-1-2-9)12(17)8-5-10(15)7-11(16)6-8/h5-7,9,15-16H,1-4H2. The fourth-order valence-electron chi connectivity index (χ4n) is 1.81. The molecular weight excluding hydrogens is 286 g/mol. The van der Waals surface area contributed by atoms with Gasteiger partial charge in [0.1, 0.15) is 11.5 Å². The van der Waals surface area contributed by atoms with Gasteiger partial charge in [-0.15, -0.1) is 0 Å². The maximum atomic E-state index is 12.2. The molecular formula is C12H14BrNO3. The zero-order chi connectivity index (χ0) is 12.4. The van der Waals surface area contributed by atoms with Crippen molar-refractivity contribution in [1.29, 1.82) is 0 Å². The van der Waals surface area contributed by atoms with E-state index in [0.29, 0.717) is 18.2 Å². The van der Waals surface area contributed by atoms with Gasteiger partial charge in [0.25, 0.3) is 5.91 Å². The number of amides is 1. The molecule has 2 N–H and O–H groups in total. The van der Waals surface area contributed by atoms with Crippen LogP contribution in [0.25, 0.3) is 0 Å². The number of phenolic OH excluding ortho intramolecular Hbond substituents is 2. The SMILES string of the molecule is O=C(c1cc(O)cc(O)c1)N(CCBr)C1CC1. The molecule has 1 saturated carbocycles. The van der Waals surface area contributed by atoms with Crippen molar-refractivity contribution in [3.63, 3.8) is 0 Å². The summed E-state index contributed by atoms with van der Waals surface area (Å²) >= 11 is 3.32. The second-order valence-electron chi connectivity index (χ2n) is 4.16. The Hall–Kier alpha value is -1.23. The molecule has 0 aromatic heterocycles. The van der Waals surface area contributed by atoms with E-state index in [0.717, 1.165) is 18.2 Å². The number of carbonyl (C=O) groups is 1. The molecule has 5 heteroatoms. The van der Waals surface area contributed by atoms with E-state index in [1.54, 1.807) is 4.90 Å². The van der Waals surface area contributed by atoms with Crippen molar-refractivity contribution >= 4 is 21.8 Å². The van der Waals surface area contributed by atoms with Gasteiger partial charge in [-0.3, -0.25) is 4.79 Å². The zero-order valence-corrected chi connectivity index (χ0v) is 10.9. The first-order valence-corrected chi connectivity index (χ1v) is 6.64. The van der Waals surface area contributed by atoms with Crippen LogP contribution < -0.4 is 0 Å². The number of hydrogen-bond donors (Lipinski definition) is 2. The Bertz CT molecular complexity index is 412. The summed E-state index contributed by atoms with van der Waals surface area (Å²) in [5.41, 5.74) is 0.329. The number of rotatable bonds is 4. The largest absolute Gasteiger partial charge is 0.508 e. The van der Waals surface area contributed by atoms with E-state index in [4.69, 9.17) is 0 Å². The van der Waals surface area contributed by atoms with Crippen LogP contribution in [0.3, 0.4) is 0 Å². The molecule has 17 heavy (non-hydrogen) atoms. The molecule has 1 aromatic carbocycles. The molecule has 0 unspecified atom stereocenters. The van der Waals surface area contributed by atoms with E-state index in [9.17, 15) is 15.0 Å². The van der Waals surface area contributed by atoms with Gasteiger partial charge in [0.2, 0.25) is 0 Å². The van der Waals surface area contributed by atoms with Gasteiger partial charge >= 0.3 is 0 Å². The normalized spacial score (nSPS) is 14.6. The third-order valence-corrected chi connectivity index (χ3v) is 3.08. The Labute approximate surface area is 108 Å². The first-order valence-electron chi connectivity index (χ1n) is 5.52. The van der Waals surface area contributed by atoms with Gasteiger partial charge in [-0.2, -0.15) is 0 Å². The number of hydrogen-bond acceptors (Lipinski definition) is 3. The molecule has 0 spiro atoms. The Balaban J connectivity index is 2.21. The summed E-state index contributed by atoms with van der Waals surface area (Å²) in [6, 6.07) is 4.28. The van der Waals surface area contributed by atoms with Crippen LogP contribution in [-0.4, -0.2) is 38.9 Å². The molecule has 0 bridgehead atoms. The fraction of sp³-hybridized carbons (Fsp3) is 0.417. The van der Waals surface area contributed by atoms with Gasteiger partial charge in [-0.25, -0.2) is 0 Å². The van der Waals surface area contributed by atoms with Crippen molar-refractivity contribution < 1.29 is 15.0 Å². The monoisotopic (exact) mass is 299 g/mol. The first kappa shape index (κ1) is 12.2. The number of carbonyl (C=O) groups excluding carboxylic acids is 1. The first-order chi connectivity index (χ1) is 8.11. The van der Waals surface area contributed by atoms with Crippen LogP contribution in [0.1, 0.15) is 23.2 Å². The van der Waals surface area contributed by atoms with Gasteiger partial charge in [0, 0.05) is 29.5 Å². The summed E-state index contributed by atoms with van der Waals surface area (Å²) in [5, 5.41) is 19.5. The molecule has 4 nitrogen and oxygen atoms in total. The Kier molecular flexibility index (Phi) is 3.57. The summed E-state index contributed by atoms with van der Waals surface area (Å²) in [5.74, 6) is -0.330. The van der Waals surface area contributed by atoms with Gasteiger partial charge < -0.3 is 15.1 Å². The zero-order valence-electron chi connectivity index (χ0n) is 9.27. The van der Waals surface area contributed by atoms with E-state index in [-0.39, 0.29) is 17.4 Å². The lowest BCUT2D eigenvalue weighted by molar-refractivity contribution is 0.0754. The molecule has 1 fully saturated rings. The molecule has 0 radical (unpaired) electrons. The lowest BCUT2D eigenvalue weighted by Gasteiger charge is -2.21. The van der Waals surface area contributed by atoms with Crippen LogP contribution in [0, 0.1) is 0 Å². The van der Waals surface area contributed by atoms with E-state index < -0.39 is 0 Å². The summed E-state index contributed by atoms with van der Waals surface area (Å²) in [4.78, 5) is 14.0. The highest BCUT2D eigenvalue weighted by Gasteiger charge is 2.32. The van der Waals surface area contributed by atoms with Crippen LogP contribution in [0.5, 0.6) is 11.5 Å². The average molecular weight is 300 g/mol. The minimum absolute atomic E-state index is 0.0945. The van der Waals surface area contributed by atoms with Crippen molar-refractivity contribution in [3.05, 3.63) is 23.8 Å². The molecule has 0 heterocycles. The van der Waals surface area contributed by atoms with Gasteiger partial charge in [0.05, 0.1) is 0 Å². The topological polar surface area (TPSA) is 60.8 Å². The molecule has 0 aliphatic heterocycles. The van der Waals surface area contributed by atoms with E-state index in [1.807, 2.05) is 0 Å². The number of aromatic hydroxyl groups is 2. The number of alkyl halides is 1. The summed E-state index contributed by atoms with van der Waals surface area (Å²) in [7, 11) is 0. The second-order valence-corrected chi connectivity index (χ2v) is 4.95. The van der Waals surface area contributed by atoms with Gasteiger partial charge in [0.15, 0.2) is 0 Å². The number of nitrogens with zero attached hydrogens (tertiary/aromatic N) is 1. The quantitative estimate of drug-likeness (QED) is 0.837. The predicted molar refractivity (Wildman–Crippen MR) is 67.6 cm³/mol. The molecule has 1 aliphatic carbocycles. The number of phenols is 2. The van der Waals surface area contributed by atoms with Crippen LogP contribution in [-0.2, 0) is 0 Å². The summed E-state index contributed by atoms with van der Waals surface area (Å²) in [6.07, 6.45) is 2.06. The van der Waals surface area contributed by atoms with Gasteiger partial charge in [-0.1, -0.05) is 15.9 Å². The van der Waals surface area contributed by atoms with E-state index >= 15 is 0 Å².